The van der Waals surface area contributed by atoms with E-state index in [1.165, 1.54) is 32.1 Å². The molecule has 0 unspecified atom stereocenters. The maximum Gasteiger partial charge on any atom is 0.336 e. The maximum absolute atomic E-state index is 13.3. The number of aliphatic hydroxyl groups excluding tert-OH is 1. The van der Waals surface area contributed by atoms with E-state index >= 15 is 0 Å². The predicted octanol–water partition coefficient (Wildman–Crippen LogP) is 3.74. The Morgan fingerprint density at radius 2 is 1.47 bits per heavy atom. The molecular formula is C35H55NO11. The Labute approximate surface area is 277 Å². The molecule has 5 rings (SSSR count). The smallest absolute Gasteiger partial charge is 0.336 e. The lowest BCUT2D eigenvalue weighted by Crippen LogP contribution is -2.60. The average molecular weight is 666 g/mol. The second kappa shape index (κ2) is 14.9. The first-order valence-corrected chi connectivity index (χ1v) is 17.5. The van der Waals surface area contributed by atoms with Crippen molar-refractivity contribution in [1.82, 2.24) is 4.90 Å². The number of carboxylic acid groups (broad SMARTS) is 3. The van der Waals surface area contributed by atoms with Crippen LogP contribution in [0.25, 0.3) is 0 Å². The van der Waals surface area contributed by atoms with Crippen molar-refractivity contribution in [3.8, 4) is 0 Å². The van der Waals surface area contributed by atoms with Gasteiger partial charge in [0.25, 0.3) is 0 Å². The Morgan fingerprint density at radius 3 is 2.02 bits per heavy atom. The monoisotopic (exact) mass is 665 g/mol. The molecule has 12 nitrogen and oxygen atoms in total. The van der Waals surface area contributed by atoms with Crippen LogP contribution >= 0.6 is 0 Å². The second-order valence-corrected chi connectivity index (χ2v) is 15.7. The molecule has 1 saturated heterocycles. The highest BCUT2D eigenvalue weighted by molar-refractivity contribution is 5.88. The van der Waals surface area contributed by atoms with Crippen molar-refractivity contribution < 1.29 is 54.2 Å². The number of carbonyl (C=O) groups is 5. The van der Waals surface area contributed by atoms with Gasteiger partial charge in [-0.1, -0.05) is 26.7 Å². The van der Waals surface area contributed by atoms with E-state index in [9.17, 15) is 29.1 Å². The Kier molecular flexibility index (Phi) is 11.8. The third-order valence-electron chi connectivity index (χ3n) is 12.7. The van der Waals surface area contributed by atoms with Crippen LogP contribution in [-0.4, -0.2) is 97.5 Å². The van der Waals surface area contributed by atoms with E-state index in [0.29, 0.717) is 36.0 Å². The number of ether oxygens (including phenoxy) is 1. The third-order valence-corrected chi connectivity index (χ3v) is 12.7. The standard InChI is InChI=1S/C29H47NO4.C6H8O7/c1-19(31)23-10-11-24-22-9-8-20-16-21(32)12-13-28(20,2)27(22)25(17-29(23,24)3)34-26(33)18-30-14-6-4-5-7-15-30;7-3(8)1-6(13,5(11)12)2-4(9)10/h20-25,27,32H,4-18H2,1-3H3;13H,1-2H2,(H,7,8)(H,9,10)(H,11,12)/t20-,21+,22-,23+,24-,25-,27+,28-,29+;/m0./s1. The summed E-state index contributed by atoms with van der Waals surface area (Å²) in [5.74, 6) is -2.72. The maximum atomic E-state index is 13.3. The van der Waals surface area contributed by atoms with E-state index in [1.54, 1.807) is 6.92 Å². The van der Waals surface area contributed by atoms with E-state index in [4.69, 9.17) is 25.2 Å². The zero-order valence-electron chi connectivity index (χ0n) is 28.2. The Hall–Kier alpha value is -2.57. The first kappa shape index (κ1) is 37.3. The van der Waals surface area contributed by atoms with E-state index in [2.05, 4.69) is 18.7 Å². The summed E-state index contributed by atoms with van der Waals surface area (Å²) in [7, 11) is 0. The van der Waals surface area contributed by atoms with Crippen LogP contribution in [0, 0.1) is 40.4 Å². The van der Waals surface area contributed by atoms with Crippen LogP contribution in [0.1, 0.15) is 111 Å². The highest BCUT2D eigenvalue weighted by Gasteiger charge is 2.64. The predicted molar refractivity (Wildman–Crippen MR) is 169 cm³/mol. The van der Waals surface area contributed by atoms with Gasteiger partial charge in [-0.05, 0) is 113 Å². The highest BCUT2D eigenvalue weighted by Crippen LogP contribution is 2.68. The van der Waals surface area contributed by atoms with Crippen molar-refractivity contribution in [2.75, 3.05) is 19.6 Å². The molecule has 0 aromatic heterocycles. The lowest BCUT2D eigenvalue weighted by atomic mass is 9.43. The lowest BCUT2D eigenvalue weighted by molar-refractivity contribution is -0.199. The fourth-order valence-corrected chi connectivity index (χ4v) is 10.5. The van der Waals surface area contributed by atoms with Gasteiger partial charge in [-0.25, -0.2) is 4.79 Å². The van der Waals surface area contributed by atoms with Crippen LogP contribution < -0.4 is 0 Å². The first-order valence-electron chi connectivity index (χ1n) is 17.5. The SMILES string of the molecule is CC(=O)[C@H]1CC[C@H]2[C@@H]3CC[C@H]4C[C@H](O)CC[C@]4(C)[C@H]3[C@@H](OC(=O)CN3CCCCCC3)C[C@]12C.O=C(O)CC(O)(CC(=O)O)C(=O)O. The van der Waals surface area contributed by atoms with E-state index in [-0.39, 0.29) is 34.9 Å². The fourth-order valence-electron chi connectivity index (χ4n) is 10.5. The molecule has 12 heteroatoms. The van der Waals surface area contributed by atoms with Crippen molar-refractivity contribution in [2.24, 2.45) is 40.4 Å². The number of aliphatic carboxylic acids is 3. The zero-order chi connectivity index (χ0) is 34.7. The van der Waals surface area contributed by atoms with Crippen molar-refractivity contribution in [1.29, 1.82) is 0 Å². The lowest BCUT2D eigenvalue weighted by Gasteiger charge is -2.62. The largest absolute Gasteiger partial charge is 0.481 e. The molecule has 0 spiro atoms. The number of ketones is 1. The molecule has 47 heavy (non-hydrogen) atoms. The van der Waals surface area contributed by atoms with Gasteiger partial charge in [0.15, 0.2) is 5.60 Å². The molecule has 5 fully saturated rings. The molecule has 266 valence electrons. The van der Waals surface area contributed by atoms with Crippen LogP contribution in [0.5, 0.6) is 0 Å². The molecule has 0 radical (unpaired) electrons. The number of likely N-dealkylation sites (tertiary alicyclic amines) is 1. The number of carboxylic acids is 3. The molecule has 9 atom stereocenters. The topological polar surface area (TPSA) is 199 Å². The minimum Gasteiger partial charge on any atom is -0.481 e. The number of fused-ring (bicyclic) bond motifs is 5. The van der Waals surface area contributed by atoms with Crippen molar-refractivity contribution in [3.05, 3.63) is 0 Å². The van der Waals surface area contributed by atoms with E-state index in [1.807, 2.05) is 0 Å². The summed E-state index contributed by atoms with van der Waals surface area (Å²) in [5.41, 5.74) is -2.68. The molecule has 1 aliphatic heterocycles. The molecule has 0 aromatic rings. The number of esters is 1. The molecular weight excluding hydrogens is 610 g/mol. The van der Waals surface area contributed by atoms with Gasteiger partial charge in [0, 0.05) is 11.8 Å². The van der Waals surface area contributed by atoms with Crippen LogP contribution in [0.15, 0.2) is 0 Å². The van der Waals surface area contributed by atoms with Crippen LogP contribution in [0.3, 0.4) is 0 Å². The van der Waals surface area contributed by atoms with Crippen molar-refractivity contribution >= 4 is 29.7 Å². The van der Waals surface area contributed by atoms with Gasteiger partial charge in [-0.15, -0.1) is 0 Å². The molecule has 0 bridgehead atoms. The first-order chi connectivity index (χ1) is 22.0. The molecule has 0 aromatic carbocycles. The third kappa shape index (κ3) is 8.19. The summed E-state index contributed by atoms with van der Waals surface area (Å²) in [5, 5.41) is 44.2. The average Bonchev–Trinajstić information content (AvgIpc) is 3.11. The highest BCUT2D eigenvalue weighted by atomic mass is 16.5. The van der Waals surface area contributed by atoms with Crippen molar-refractivity contribution in [2.45, 2.75) is 128 Å². The van der Waals surface area contributed by atoms with Crippen LogP contribution in [0.2, 0.25) is 0 Å². The molecule has 5 N–H and O–H groups in total. The summed E-state index contributed by atoms with van der Waals surface area (Å²) < 4.78 is 6.49. The molecule has 0 amide bonds. The normalized spacial score (nSPS) is 37.1. The Balaban J connectivity index is 0.000000328. The van der Waals surface area contributed by atoms with Gasteiger partial charge in [-0.2, -0.15) is 0 Å². The Bertz CT molecular complexity index is 1170. The Morgan fingerprint density at radius 1 is 0.851 bits per heavy atom. The van der Waals surface area contributed by atoms with Gasteiger partial charge in [0.2, 0.25) is 0 Å². The molecule has 1 heterocycles. The fraction of sp³-hybridized carbons (Fsp3) is 0.857. The minimum absolute atomic E-state index is 0.0576. The van der Waals surface area contributed by atoms with Gasteiger partial charge in [-0.3, -0.25) is 24.1 Å². The molecule has 4 aliphatic carbocycles. The molecule has 5 aliphatic rings. The quantitative estimate of drug-likeness (QED) is 0.224. The van der Waals surface area contributed by atoms with Gasteiger partial charge >= 0.3 is 23.9 Å². The minimum atomic E-state index is -2.74. The van der Waals surface area contributed by atoms with E-state index < -0.39 is 36.4 Å². The second-order valence-electron chi connectivity index (χ2n) is 15.7. The number of rotatable bonds is 9. The zero-order valence-corrected chi connectivity index (χ0v) is 28.2. The number of hydrogen-bond acceptors (Lipinski definition) is 9. The van der Waals surface area contributed by atoms with Gasteiger partial charge < -0.3 is 30.3 Å². The molecule has 4 saturated carbocycles. The van der Waals surface area contributed by atoms with E-state index in [0.717, 1.165) is 58.0 Å². The number of aliphatic hydroxyl groups is 2. The summed E-state index contributed by atoms with van der Waals surface area (Å²) in [4.78, 5) is 58.8. The summed E-state index contributed by atoms with van der Waals surface area (Å²) in [6, 6.07) is 0. The number of nitrogens with zero attached hydrogens (tertiary/aromatic N) is 1. The summed E-state index contributed by atoms with van der Waals surface area (Å²) >= 11 is 0. The summed E-state index contributed by atoms with van der Waals surface area (Å²) in [6.07, 6.45) is 10.4. The number of carbonyl (C=O) groups excluding carboxylic acids is 2. The van der Waals surface area contributed by atoms with Crippen LogP contribution in [0.4, 0.5) is 0 Å². The summed E-state index contributed by atoms with van der Waals surface area (Å²) in [6.45, 7) is 8.94. The van der Waals surface area contributed by atoms with Gasteiger partial charge in [0.1, 0.15) is 11.9 Å². The van der Waals surface area contributed by atoms with Gasteiger partial charge in [0.05, 0.1) is 25.5 Å². The van der Waals surface area contributed by atoms with Crippen LogP contribution in [-0.2, 0) is 28.7 Å². The number of hydrogen-bond donors (Lipinski definition) is 5. The number of Topliss-reactive ketones (excluding diaryl/α,β-unsaturated/α-hetero) is 1. The van der Waals surface area contributed by atoms with Crippen molar-refractivity contribution in [3.63, 3.8) is 0 Å².